The first-order chi connectivity index (χ1) is 20.1. The number of anilines is 1. The van der Waals surface area contributed by atoms with E-state index in [1.54, 1.807) is 46.7 Å². The lowest BCUT2D eigenvalue weighted by Gasteiger charge is -2.33. The number of likely N-dealkylation sites (N-methyl/N-ethyl adjacent to an activating group) is 2. The van der Waals surface area contributed by atoms with Crippen molar-refractivity contribution >= 4 is 46.3 Å². The number of nitro benzene ring substituents is 1. The maximum atomic E-state index is 14.0. The lowest BCUT2D eigenvalue weighted by atomic mass is 9.94. The van der Waals surface area contributed by atoms with E-state index in [1.165, 1.54) is 17.4 Å². The van der Waals surface area contributed by atoms with Crippen LogP contribution in [0, 0.1) is 10.1 Å². The minimum Gasteiger partial charge on any atom is -0.363 e. The Morgan fingerprint density at radius 1 is 1.14 bits per heavy atom. The summed E-state index contributed by atoms with van der Waals surface area (Å²) in [5, 5.41) is 12.6. The van der Waals surface area contributed by atoms with Gasteiger partial charge in [-0.25, -0.2) is 4.99 Å². The van der Waals surface area contributed by atoms with Crippen LogP contribution >= 0.6 is 22.9 Å². The topological polar surface area (TPSA) is 104 Å². The quantitative estimate of drug-likeness (QED) is 0.301. The number of nitrogens with zero attached hydrogens (tertiary/aromatic N) is 6. The predicted octanol–water partition coefficient (Wildman–Crippen LogP) is 3.42. The fourth-order valence-corrected chi connectivity index (χ4v) is 6.65. The van der Waals surface area contributed by atoms with Crippen molar-refractivity contribution in [3.05, 3.63) is 99.7 Å². The molecule has 0 bridgehead atoms. The summed E-state index contributed by atoms with van der Waals surface area (Å²) in [7, 11) is 2.03. The highest BCUT2D eigenvalue weighted by molar-refractivity contribution is 7.07. The maximum absolute atomic E-state index is 14.0. The number of carbonyl (C=O) groups is 1. The molecule has 1 aromatic heterocycles. The highest BCUT2D eigenvalue weighted by Gasteiger charge is 2.34. The van der Waals surface area contributed by atoms with Gasteiger partial charge in [0.2, 0.25) is 0 Å². The van der Waals surface area contributed by atoms with Gasteiger partial charge in [0.25, 0.3) is 17.2 Å². The van der Waals surface area contributed by atoms with Gasteiger partial charge in [-0.3, -0.25) is 24.3 Å². The number of piperazine rings is 1. The maximum Gasteiger partial charge on any atom is 0.293 e. The Hall–Kier alpha value is -3.80. The average molecular weight is 609 g/mol. The Morgan fingerprint density at radius 2 is 1.81 bits per heavy atom. The zero-order chi connectivity index (χ0) is 30.1. The number of hydrogen-bond acceptors (Lipinski definition) is 8. The molecule has 0 spiro atoms. The summed E-state index contributed by atoms with van der Waals surface area (Å²) in [5.41, 5.74) is 2.53. The van der Waals surface area contributed by atoms with E-state index in [0.29, 0.717) is 63.1 Å². The smallest absolute Gasteiger partial charge is 0.293 e. The van der Waals surface area contributed by atoms with Crippen molar-refractivity contribution in [2.75, 3.05) is 51.2 Å². The molecule has 1 saturated heterocycles. The van der Waals surface area contributed by atoms with Gasteiger partial charge in [0, 0.05) is 50.4 Å². The van der Waals surface area contributed by atoms with E-state index < -0.39 is 6.04 Å². The summed E-state index contributed by atoms with van der Waals surface area (Å²) in [6.45, 7) is 9.72. The molecule has 2 aliphatic rings. The molecule has 0 N–H and O–H groups in total. The molecule has 2 aromatic carbocycles. The summed E-state index contributed by atoms with van der Waals surface area (Å²) >= 11 is 7.37. The van der Waals surface area contributed by atoms with E-state index in [1.807, 2.05) is 37.9 Å². The molecule has 10 nitrogen and oxygen atoms in total. The second-order valence-corrected chi connectivity index (χ2v) is 11.9. The van der Waals surface area contributed by atoms with E-state index in [-0.39, 0.29) is 22.1 Å². The molecular formula is C30H33ClN6O4S. The molecule has 0 aliphatic carbocycles. The van der Waals surface area contributed by atoms with Crippen LogP contribution in [-0.2, 0) is 4.79 Å². The number of carbonyl (C=O) groups excluding carboxylic acids is 1. The lowest BCUT2D eigenvalue weighted by Crippen LogP contribution is -2.44. The fraction of sp³-hybridized carbons (Fsp3) is 0.367. The van der Waals surface area contributed by atoms with Crippen LogP contribution in [0.4, 0.5) is 11.4 Å². The minimum absolute atomic E-state index is 0.00284. The standard InChI is InChI=1S/C30H33ClN6O4S/c1-5-34(6-2)29(39)26-19(3)32-30-36(27(26)21-8-10-22(31)11-9-21)28(38)25(42-30)18-20-7-12-23(24(17-20)37(40)41)35-15-13-33(4)14-16-35/h7-12,17-18,27H,5-6,13-16H2,1-4H3/b25-18-/t27-/m1/s1. The Morgan fingerprint density at radius 3 is 2.43 bits per heavy atom. The van der Waals surface area contributed by atoms with Crippen molar-refractivity contribution in [3.8, 4) is 0 Å². The molecule has 0 radical (unpaired) electrons. The van der Waals surface area contributed by atoms with Crippen LogP contribution in [0.2, 0.25) is 5.02 Å². The van der Waals surface area contributed by atoms with Crippen LogP contribution in [0.5, 0.6) is 0 Å². The van der Waals surface area contributed by atoms with E-state index in [4.69, 9.17) is 16.6 Å². The van der Waals surface area contributed by atoms with E-state index >= 15 is 0 Å². The van der Waals surface area contributed by atoms with Crippen molar-refractivity contribution < 1.29 is 9.72 Å². The summed E-state index contributed by atoms with van der Waals surface area (Å²) in [6, 6.07) is 11.5. The minimum atomic E-state index is -0.692. The van der Waals surface area contributed by atoms with Gasteiger partial charge in [0.1, 0.15) is 5.69 Å². The van der Waals surface area contributed by atoms with E-state index in [2.05, 4.69) is 4.90 Å². The third-order valence-electron chi connectivity index (χ3n) is 7.83. The van der Waals surface area contributed by atoms with Gasteiger partial charge in [-0.05, 0) is 63.2 Å². The van der Waals surface area contributed by atoms with Gasteiger partial charge in [-0.2, -0.15) is 0 Å². The fourth-order valence-electron chi connectivity index (χ4n) is 5.48. The first kappa shape index (κ1) is 29.7. The Balaban J connectivity index is 1.63. The van der Waals surface area contributed by atoms with Crippen LogP contribution in [0.3, 0.4) is 0 Å². The molecule has 1 amide bonds. The summed E-state index contributed by atoms with van der Waals surface area (Å²) in [6.07, 6.45) is 1.66. The van der Waals surface area contributed by atoms with Crippen molar-refractivity contribution in [2.45, 2.75) is 26.8 Å². The molecule has 2 aliphatic heterocycles. The second-order valence-electron chi connectivity index (χ2n) is 10.4. The molecular weight excluding hydrogens is 576 g/mol. The zero-order valence-electron chi connectivity index (χ0n) is 24.0. The van der Waals surface area contributed by atoms with Crippen molar-refractivity contribution in [3.63, 3.8) is 0 Å². The molecule has 1 atom stereocenters. The van der Waals surface area contributed by atoms with Crippen molar-refractivity contribution in [1.82, 2.24) is 14.4 Å². The SMILES string of the molecule is CCN(CC)C(=O)C1=C(C)N=c2s/c(=C\c3ccc(N4CCN(C)CC4)c([N+](=O)[O-])c3)c(=O)n2[C@@H]1c1ccc(Cl)cc1. The zero-order valence-corrected chi connectivity index (χ0v) is 25.6. The third-order valence-corrected chi connectivity index (χ3v) is 9.06. The number of benzene rings is 2. The number of nitro groups is 1. The molecule has 3 aromatic rings. The molecule has 1 fully saturated rings. The van der Waals surface area contributed by atoms with Crippen LogP contribution in [0.1, 0.15) is 37.9 Å². The molecule has 42 heavy (non-hydrogen) atoms. The number of aromatic nitrogens is 1. The second kappa shape index (κ2) is 12.2. The lowest BCUT2D eigenvalue weighted by molar-refractivity contribution is -0.384. The number of amides is 1. The number of thiazole rings is 1. The number of hydrogen-bond donors (Lipinski definition) is 0. The predicted molar refractivity (Wildman–Crippen MR) is 166 cm³/mol. The highest BCUT2D eigenvalue weighted by atomic mass is 35.5. The van der Waals surface area contributed by atoms with Gasteiger partial charge >= 0.3 is 0 Å². The monoisotopic (exact) mass is 608 g/mol. The molecule has 12 heteroatoms. The third kappa shape index (κ3) is 5.64. The number of rotatable bonds is 7. The first-order valence-electron chi connectivity index (χ1n) is 13.9. The Kier molecular flexibility index (Phi) is 8.63. The van der Waals surface area contributed by atoms with Crippen LogP contribution in [0.25, 0.3) is 6.08 Å². The summed E-state index contributed by atoms with van der Waals surface area (Å²) in [5.74, 6) is -0.175. The molecule has 0 saturated carbocycles. The van der Waals surface area contributed by atoms with Gasteiger partial charge < -0.3 is 14.7 Å². The summed E-state index contributed by atoms with van der Waals surface area (Å²) in [4.78, 5) is 50.5. The average Bonchev–Trinajstić information content (AvgIpc) is 3.27. The van der Waals surface area contributed by atoms with Crippen molar-refractivity contribution in [1.29, 1.82) is 0 Å². The number of allylic oxidation sites excluding steroid dienone is 1. The first-order valence-corrected chi connectivity index (χ1v) is 15.1. The molecule has 220 valence electrons. The van der Waals surface area contributed by atoms with E-state index in [0.717, 1.165) is 18.7 Å². The Bertz CT molecular complexity index is 1730. The van der Waals surface area contributed by atoms with E-state index in [9.17, 15) is 19.7 Å². The van der Waals surface area contributed by atoms with Crippen LogP contribution in [-0.4, -0.2) is 71.5 Å². The van der Waals surface area contributed by atoms with Gasteiger partial charge in [-0.1, -0.05) is 41.1 Å². The van der Waals surface area contributed by atoms with Crippen LogP contribution in [0.15, 0.2) is 63.5 Å². The normalized spacial score (nSPS) is 17.7. The number of halogens is 1. The molecule has 3 heterocycles. The molecule has 0 unspecified atom stereocenters. The van der Waals surface area contributed by atoms with Gasteiger partial charge in [-0.15, -0.1) is 0 Å². The summed E-state index contributed by atoms with van der Waals surface area (Å²) < 4.78 is 1.93. The van der Waals surface area contributed by atoms with Crippen molar-refractivity contribution in [2.24, 2.45) is 4.99 Å². The Labute approximate surface area is 252 Å². The molecule has 5 rings (SSSR count). The van der Waals surface area contributed by atoms with Gasteiger partial charge in [0.05, 0.1) is 26.8 Å². The van der Waals surface area contributed by atoms with Gasteiger partial charge in [0.15, 0.2) is 4.80 Å². The highest BCUT2D eigenvalue weighted by Crippen LogP contribution is 2.32. The largest absolute Gasteiger partial charge is 0.363 e. The number of fused-ring (bicyclic) bond motifs is 1. The van der Waals surface area contributed by atoms with Crippen LogP contribution < -0.4 is 19.8 Å².